The second-order valence-corrected chi connectivity index (χ2v) is 8.59. The Morgan fingerprint density at radius 1 is 1.09 bits per heavy atom. The first-order chi connectivity index (χ1) is 15.5. The molecule has 1 saturated heterocycles. The largest absolute Gasteiger partial charge is 0.447 e. The SMILES string of the molecule is C[C@H](c1ccccc1)N(Cc1ccc(Cl)c(Cl)c1)Cc1nc(C(=O)N2CCOCC2)co1. The average Bonchev–Trinajstić information content (AvgIpc) is 3.30. The van der Waals surface area contributed by atoms with Gasteiger partial charge < -0.3 is 14.1 Å². The topological polar surface area (TPSA) is 58.8 Å². The van der Waals surface area contributed by atoms with Crippen LogP contribution in [0.4, 0.5) is 0 Å². The summed E-state index contributed by atoms with van der Waals surface area (Å²) in [7, 11) is 0. The first-order valence-corrected chi connectivity index (χ1v) is 11.3. The van der Waals surface area contributed by atoms with E-state index in [0.29, 0.717) is 61.0 Å². The maximum Gasteiger partial charge on any atom is 0.275 e. The first kappa shape index (κ1) is 22.8. The van der Waals surface area contributed by atoms with Crippen molar-refractivity contribution in [2.75, 3.05) is 26.3 Å². The molecule has 32 heavy (non-hydrogen) atoms. The van der Waals surface area contributed by atoms with Crippen molar-refractivity contribution in [1.82, 2.24) is 14.8 Å². The third-order valence-corrected chi connectivity index (χ3v) is 6.35. The summed E-state index contributed by atoms with van der Waals surface area (Å²) >= 11 is 12.3. The predicted octanol–water partition coefficient (Wildman–Crippen LogP) is 5.22. The molecule has 1 aliphatic heterocycles. The van der Waals surface area contributed by atoms with Crippen LogP contribution in [0.3, 0.4) is 0 Å². The number of halogens is 2. The van der Waals surface area contributed by atoms with Crippen LogP contribution in [0.1, 0.15) is 40.5 Å². The molecule has 1 amide bonds. The Balaban J connectivity index is 1.54. The highest BCUT2D eigenvalue weighted by molar-refractivity contribution is 6.42. The molecule has 0 radical (unpaired) electrons. The summed E-state index contributed by atoms with van der Waals surface area (Å²) < 4.78 is 11.0. The van der Waals surface area contributed by atoms with Crippen molar-refractivity contribution in [3.63, 3.8) is 0 Å². The van der Waals surface area contributed by atoms with Gasteiger partial charge in [0, 0.05) is 25.7 Å². The van der Waals surface area contributed by atoms with E-state index >= 15 is 0 Å². The van der Waals surface area contributed by atoms with Gasteiger partial charge >= 0.3 is 0 Å². The number of hydrogen-bond acceptors (Lipinski definition) is 5. The number of rotatable bonds is 7. The Hall–Kier alpha value is -2.38. The summed E-state index contributed by atoms with van der Waals surface area (Å²) in [5.74, 6) is 0.361. The number of carbonyl (C=O) groups is 1. The number of hydrogen-bond donors (Lipinski definition) is 0. The predicted molar refractivity (Wildman–Crippen MR) is 124 cm³/mol. The zero-order valence-electron chi connectivity index (χ0n) is 17.8. The van der Waals surface area contributed by atoms with Crippen LogP contribution in [-0.2, 0) is 17.8 Å². The van der Waals surface area contributed by atoms with Gasteiger partial charge in [-0.25, -0.2) is 4.98 Å². The van der Waals surface area contributed by atoms with E-state index in [1.165, 1.54) is 11.8 Å². The standard InChI is InChI=1S/C24H25Cl2N3O3/c1-17(19-5-3-2-4-6-19)29(14-18-7-8-20(25)21(26)13-18)15-23-27-22(16-32-23)24(30)28-9-11-31-12-10-28/h2-8,13,16-17H,9-12,14-15H2,1H3/t17-/m1/s1. The maximum absolute atomic E-state index is 12.7. The Bertz CT molecular complexity index is 1050. The van der Waals surface area contributed by atoms with E-state index in [1.54, 1.807) is 11.0 Å². The van der Waals surface area contributed by atoms with Gasteiger partial charge in [-0.2, -0.15) is 0 Å². The zero-order chi connectivity index (χ0) is 22.5. The quantitative estimate of drug-likeness (QED) is 0.470. The van der Waals surface area contributed by atoms with Gasteiger partial charge in [-0.15, -0.1) is 0 Å². The number of oxazole rings is 1. The molecule has 0 unspecified atom stereocenters. The molecule has 1 atom stereocenters. The number of aromatic nitrogens is 1. The fraction of sp³-hybridized carbons (Fsp3) is 0.333. The molecule has 6 nitrogen and oxygen atoms in total. The minimum atomic E-state index is -0.129. The van der Waals surface area contributed by atoms with E-state index in [9.17, 15) is 4.79 Å². The van der Waals surface area contributed by atoms with Crippen LogP contribution in [0.5, 0.6) is 0 Å². The van der Waals surface area contributed by atoms with Crippen molar-refractivity contribution in [1.29, 1.82) is 0 Å². The van der Waals surface area contributed by atoms with Gasteiger partial charge in [0.15, 0.2) is 5.69 Å². The first-order valence-electron chi connectivity index (χ1n) is 10.6. The van der Waals surface area contributed by atoms with Gasteiger partial charge in [-0.1, -0.05) is 59.6 Å². The Morgan fingerprint density at radius 2 is 1.84 bits per heavy atom. The van der Waals surface area contributed by atoms with Gasteiger partial charge in [-0.3, -0.25) is 9.69 Å². The van der Waals surface area contributed by atoms with E-state index in [1.807, 2.05) is 30.3 Å². The fourth-order valence-electron chi connectivity index (χ4n) is 3.73. The highest BCUT2D eigenvalue weighted by Crippen LogP contribution is 2.28. The highest BCUT2D eigenvalue weighted by Gasteiger charge is 2.24. The molecular weight excluding hydrogens is 449 g/mol. The van der Waals surface area contributed by atoms with Gasteiger partial charge in [0.25, 0.3) is 5.91 Å². The summed E-state index contributed by atoms with van der Waals surface area (Å²) in [6, 6.07) is 15.9. The zero-order valence-corrected chi connectivity index (χ0v) is 19.4. The summed E-state index contributed by atoms with van der Waals surface area (Å²) in [6.45, 7) is 5.40. The lowest BCUT2D eigenvalue weighted by Crippen LogP contribution is -2.40. The van der Waals surface area contributed by atoms with Crippen molar-refractivity contribution in [3.05, 3.63) is 87.6 Å². The Labute approximate surface area is 197 Å². The van der Waals surface area contributed by atoms with Crippen LogP contribution in [0.25, 0.3) is 0 Å². The molecule has 2 heterocycles. The van der Waals surface area contributed by atoms with Crippen molar-refractivity contribution in [2.24, 2.45) is 0 Å². The maximum atomic E-state index is 12.7. The lowest BCUT2D eigenvalue weighted by molar-refractivity contribution is 0.0299. The lowest BCUT2D eigenvalue weighted by Gasteiger charge is -2.28. The van der Waals surface area contributed by atoms with Crippen LogP contribution < -0.4 is 0 Å². The summed E-state index contributed by atoms with van der Waals surface area (Å²) in [4.78, 5) is 21.2. The molecule has 1 fully saturated rings. The van der Waals surface area contributed by atoms with Crippen molar-refractivity contribution >= 4 is 29.1 Å². The number of nitrogens with zero attached hydrogens (tertiary/aromatic N) is 3. The van der Waals surface area contributed by atoms with Gasteiger partial charge in [0.1, 0.15) is 6.26 Å². The minimum absolute atomic E-state index is 0.0796. The highest BCUT2D eigenvalue weighted by atomic mass is 35.5. The van der Waals surface area contributed by atoms with Crippen molar-refractivity contribution in [3.8, 4) is 0 Å². The number of carbonyl (C=O) groups excluding carboxylic acids is 1. The molecule has 0 spiro atoms. The van der Waals surface area contributed by atoms with Gasteiger partial charge in [-0.05, 0) is 30.2 Å². The monoisotopic (exact) mass is 473 g/mol. The molecule has 168 valence electrons. The normalized spacial score (nSPS) is 15.2. The van der Waals surface area contributed by atoms with E-state index in [-0.39, 0.29) is 11.9 Å². The fourth-order valence-corrected chi connectivity index (χ4v) is 4.05. The van der Waals surface area contributed by atoms with E-state index in [4.69, 9.17) is 32.4 Å². The summed E-state index contributed by atoms with van der Waals surface area (Å²) in [5.41, 5.74) is 2.52. The second kappa shape index (κ2) is 10.5. The van der Waals surface area contributed by atoms with Crippen LogP contribution in [0, 0.1) is 0 Å². The average molecular weight is 474 g/mol. The lowest BCUT2D eigenvalue weighted by atomic mass is 10.1. The van der Waals surface area contributed by atoms with Crippen LogP contribution in [0.15, 0.2) is 59.2 Å². The summed E-state index contributed by atoms with van der Waals surface area (Å²) in [5, 5.41) is 1.04. The van der Waals surface area contributed by atoms with Crippen molar-refractivity contribution in [2.45, 2.75) is 26.1 Å². The molecule has 1 aliphatic rings. The molecule has 4 rings (SSSR count). The van der Waals surface area contributed by atoms with Gasteiger partial charge in [0.05, 0.1) is 29.8 Å². The smallest absolute Gasteiger partial charge is 0.275 e. The number of morpholine rings is 1. The molecular formula is C24H25Cl2N3O3. The van der Waals surface area contributed by atoms with Crippen LogP contribution in [-0.4, -0.2) is 47.0 Å². The minimum Gasteiger partial charge on any atom is -0.447 e. The Kier molecular flexibility index (Phi) is 7.48. The number of amides is 1. The van der Waals surface area contributed by atoms with E-state index < -0.39 is 0 Å². The molecule has 2 aromatic carbocycles. The van der Waals surface area contributed by atoms with E-state index in [0.717, 1.165) is 5.56 Å². The summed E-state index contributed by atoms with van der Waals surface area (Å²) in [6.07, 6.45) is 1.44. The molecule has 3 aromatic rings. The molecule has 0 aliphatic carbocycles. The van der Waals surface area contributed by atoms with Gasteiger partial charge in [0.2, 0.25) is 5.89 Å². The third kappa shape index (κ3) is 5.51. The number of benzene rings is 2. The second-order valence-electron chi connectivity index (χ2n) is 7.77. The molecule has 8 heteroatoms. The molecule has 0 saturated carbocycles. The van der Waals surface area contributed by atoms with Crippen LogP contribution in [0.2, 0.25) is 10.0 Å². The molecule has 0 N–H and O–H groups in total. The third-order valence-electron chi connectivity index (χ3n) is 5.61. The van der Waals surface area contributed by atoms with Crippen molar-refractivity contribution < 1.29 is 13.9 Å². The van der Waals surface area contributed by atoms with Crippen LogP contribution >= 0.6 is 23.2 Å². The number of ether oxygens (including phenoxy) is 1. The Morgan fingerprint density at radius 3 is 2.56 bits per heavy atom. The van der Waals surface area contributed by atoms with E-state index in [2.05, 4.69) is 28.9 Å². The molecule has 0 bridgehead atoms. The molecule has 1 aromatic heterocycles.